The highest BCUT2D eigenvalue weighted by atomic mass is 15.4. The molecule has 5 aromatic rings. The molecular formula is C32H27N7. The highest BCUT2D eigenvalue weighted by molar-refractivity contribution is 6.51. The Morgan fingerprint density at radius 3 is 2.21 bits per heavy atom. The van der Waals surface area contributed by atoms with Gasteiger partial charge in [0.2, 0.25) is 0 Å². The van der Waals surface area contributed by atoms with Crippen LogP contribution >= 0.6 is 0 Å². The molecule has 0 radical (unpaired) electrons. The van der Waals surface area contributed by atoms with E-state index in [4.69, 9.17) is 20.1 Å². The van der Waals surface area contributed by atoms with Crippen molar-refractivity contribution in [3.63, 3.8) is 0 Å². The largest absolute Gasteiger partial charge is 0.337 e. The van der Waals surface area contributed by atoms with Crippen LogP contribution in [0.2, 0.25) is 0 Å². The summed E-state index contributed by atoms with van der Waals surface area (Å²) in [5.74, 6) is 2.19. The Morgan fingerprint density at radius 2 is 1.46 bits per heavy atom. The molecule has 0 fully saturated rings. The number of nitrogens with zero attached hydrogens (tertiary/aromatic N) is 6. The third-order valence-electron chi connectivity index (χ3n) is 7.20. The first kappa shape index (κ1) is 23.1. The lowest BCUT2D eigenvalue weighted by atomic mass is 9.96. The molecule has 3 aromatic carbocycles. The van der Waals surface area contributed by atoms with Crippen molar-refractivity contribution in [2.75, 3.05) is 10.2 Å². The maximum Gasteiger partial charge on any atom is 0.179 e. The van der Waals surface area contributed by atoms with Gasteiger partial charge >= 0.3 is 0 Å². The van der Waals surface area contributed by atoms with Crippen LogP contribution in [0.25, 0.3) is 5.69 Å². The van der Waals surface area contributed by atoms with Crippen molar-refractivity contribution in [3.8, 4) is 5.69 Å². The Labute approximate surface area is 227 Å². The number of benzene rings is 3. The first-order valence-electron chi connectivity index (χ1n) is 13.0. The van der Waals surface area contributed by atoms with Gasteiger partial charge in [-0.2, -0.15) is 5.10 Å². The number of para-hydroxylation sites is 2. The predicted octanol–water partition coefficient (Wildman–Crippen LogP) is 6.99. The standard InChI is InChI=1S/C32H27N7/c1-20-11-15-23(16-12-20)34-30-32-36-31-28(22(3)37-39(31)24-17-13-21(2)14-18-24)29(26-9-6-7-19-33-26)38(32)27-10-5-4-8-25(27)35-30/h4-19,29H,1-3H3,(H,34,35)/t29-/m0/s1. The first-order valence-corrected chi connectivity index (χ1v) is 13.0. The summed E-state index contributed by atoms with van der Waals surface area (Å²) < 4.78 is 1.94. The number of aryl methyl sites for hydroxylation is 3. The van der Waals surface area contributed by atoms with Crippen molar-refractivity contribution in [2.45, 2.75) is 26.8 Å². The molecule has 1 N–H and O–H groups in total. The quantitative estimate of drug-likeness (QED) is 0.285. The number of nitrogens with one attached hydrogen (secondary N) is 1. The number of fused-ring (bicyclic) bond motifs is 4. The fourth-order valence-corrected chi connectivity index (χ4v) is 5.25. The van der Waals surface area contributed by atoms with Crippen molar-refractivity contribution in [1.29, 1.82) is 0 Å². The summed E-state index contributed by atoms with van der Waals surface area (Å²) in [6.45, 7) is 6.22. The van der Waals surface area contributed by atoms with Crippen molar-refractivity contribution in [3.05, 3.63) is 125 Å². The highest BCUT2D eigenvalue weighted by Gasteiger charge is 2.42. The number of pyridine rings is 1. The van der Waals surface area contributed by atoms with Gasteiger partial charge in [0.05, 0.1) is 28.5 Å². The minimum Gasteiger partial charge on any atom is -0.337 e. The van der Waals surface area contributed by atoms with E-state index in [-0.39, 0.29) is 6.04 Å². The summed E-state index contributed by atoms with van der Waals surface area (Å²) in [6.07, 6.45) is 1.84. The summed E-state index contributed by atoms with van der Waals surface area (Å²) in [6, 6.07) is 30.7. The lowest BCUT2D eigenvalue weighted by Crippen LogP contribution is -2.46. The van der Waals surface area contributed by atoms with Crippen LogP contribution in [0, 0.1) is 20.8 Å². The van der Waals surface area contributed by atoms with Crippen LogP contribution in [0.1, 0.15) is 34.1 Å². The molecule has 39 heavy (non-hydrogen) atoms. The second-order valence-electron chi connectivity index (χ2n) is 9.97. The van der Waals surface area contributed by atoms with E-state index in [1.54, 1.807) is 0 Å². The predicted molar refractivity (Wildman–Crippen MR) is 157 cm³/mol. The van der Waals surface area contributed by atoms with Gasteiger partial charge in [-0.05, 0) is 69.3 Å². The molecule has 7 rings (SSSR count). The average Bonchev–Trinajstić information content (AvgIpc) is 3.30. The van der Waals surface area contributed by atoms with Crippen LogP contribution < -0.4 is 10.2 Å². The molecule has 4 heterocycles. The van der Waals surface area contributed by atoms with E-state index < -0.39 is 0 Å². The van der Waals surface area contributed by atoms with Crippen LogP contribution in [0.15, 0.2) is 107 Å². The Kier molecular flexibility index (Phi) is 5.37. The summed E-state index contributed by atoms with van der Waals surface area (Å²) in [5.41, 5.74) is 9.03. The minimum atomic E-state index is -0.237. The summed E-state index contributed by atoms with van der Waals surface area (Å²) >= 11 is 0. The number of rotatable bonds is 3. The van der Waals surface area contributed by atoms with E-state index in [9.17, 15) is 0 Å². The van der Waals surface area contributed by atoms with Crippen LogP contribution in [0.5, 0.6) is 0 Å². The monoisotopic (exact) mass is 509 g/mol. The lowest BCUT2D eigenvalue weighted by Gasteiger charge is -2.40. The van der Waals surface area contributed by atoms with E-state index in [2.05, 4.69) is 91.7 Å². The third-order valence-corrected chi connectivity index (χ3v) is 7.20. The zero-order valence-electron chi connectivity index (χ0n) is 22.0. The van der Waals surface area contributed by atoms with Crippen molar-refractivity contribution in [2.24, 2.45) is 9.98 Å². The molecule has 0 unspecified atom stereocenters. The van der Waals surface area contributed by atoms with Gasteiger partial charge in [-0.1, -0.05) is 53.6 Å². The van der Waals surface area contributed by atoms with E-state index in [0.29, 0.717) is 5.84 Å². The molecule has 7 nitrogen and oxygen atoms in total. The number of anilines is 2. The van der Waals surface area contributed by atoms with E-state index in [1.165, 1.54) is 11.1 Å². The van der Waals surface area contributed by atoms with Crippen LogP contribution in [0.4, 0.5) is 22.9 Å². The minimum absolute atomic E-state index is 0.237. The number of hydrogen-bond donors (Lipinski definition) is 1. The summed E-state index contributed by atoms with van der Waals surface area (Å²) in [5, 5.41) is 8.55. The zero-order chi connectivity index (χ0) is 26.5. The van der Waals surface area contributed by atoms with Gasteiger partial charge in [0.15, 0.2) is 17.5 Å². The number of hydrogen-bond acceptors (Lipinski definition) is 6. The van der Waals surface area contributed by atoms with Gasteiger partial charge in [-0.25, -0.2) is 14.7 Å². The van der Waals surface area contributed by atoms with E-state index in [1.807, 2.05) is 41.2 Å². The normalized spacial score (nSPS) is 15.6. The fraction of sp³-hybridized carbons (Fsp3) is 0.125. The molecular weight excluding hydrogens is 482 g/mol. The second kappa shape index (κ2) is 9.06. The van der Waals surface area contributed by atoms with Crippen LogP contribution in [0.3, 0.4) is 0 Å². The van der Waals surface area contributed by atoms with Gasteiger partial charge in [-0.3, -0.25) is 4.98 Å². The molecule has 2 aliphatic rings. The number of aliphatic imine (C=N–C) groups is 2. The maximum atomic E-state index is 5.28. The molecule has 0 bridgehead atoms. The maximum absolute atomic E-state index is 5.28. The fourth-order valence-electron chi connectivity index (χ4n) is 5.25. The highest BCUT2D eigenvalue weighted by Crippen LogP contribution is 2.47. The van der Waals surface area contributed by atoms with Crippen molar-refractivity contribution in [1.82, 2.24) is 14.8 Å². The van der Waals surface area contributed by atoms with Gasteiger partial charge in [-0.15, -0.1) is 0 Å². The van der Waals surface area contributed by atoms with Crippen LogP contribution in [-0.4, -0.2) is 26.4 Å². The average molecular weight is 510 g/mol. The van der Waals surface area contributed by atoms with Crippen molar-refractivity contribution >= 4 is 34.6 Å². The Balaban J connectivity index is 1.49. The molecule has 1 atom stereocenters. The smallest absolute Gasteiger partial charge is 0.179 e. The second-order valence-corrected chi connectivity index (χ2v) is 9.97. The topological polar surface area (TPSA) is 70.7 Å². The van der Waals surface area contributed by atoms with Gasteiger partial charge < -0.3 is 10.2 Å². The van der Waals surface area contributed by atoms with Gasteiger partial charge in [0, 0.05) is 17.4 Å². The van der Waals surface area contributed by atoms with E-state index in [0.717, 1.165) is 51.4 Å². The Morgan fingerprint density at radius 1 is 0.744 bits per heavy atom. The van der Waals surface area contributed by atoms with Crippen LogP contribution in [-0.2, 0) is 0 Å². The molecule has 2 aromatic heterocycles. The number of amidine groups is 2. The molecule has 0 spiro atoms. The lowest BCUT2D eigenvalue weighted by molar-refractivity contribution is 0.785. The zero-order valence-corrected chi connectivity index (χ0v) is 22.0. The molecule has 0 saturated heterocycles. The van der Waals surface area contributed by atoms with Gasteiger partial charge in [0.25, 0.3) is 0 Å². The Bertz CT molecular complexity index is 1750. The molecule has 0 amide bonds. The van der Waals surface area contributed by atoms with Crippen molar-refractivity contribution < 1.29 is 0 Å². The van der Waals surface area contributed by atoms with E-state index >= 15 is 0 Å². The SMILES string of the molecule is Cc1ccc(NC2=Nc3ccccc3N3C2=Nc2c(c(C)nn2-c2ccc(C)cc2)[C@@H]3c2ccccn2)cc1. The molecule has 7 heteroatoms. The summed E-state index contributed by atoms with van der Waals surface area (Å²) in [7, 11) is 0. The van der Waals surface area contributed by atoms with Gasteiger partial charge in [0.1, 0.15) is 6.04 Å². The molecule has 0 aliphatic carbocycles. The molecule has 0 saturated carbocycles. The Hall–Kier alpha value is -5.04. The molecule has 2 aliphatic heterocycles. The number of aromatic nitrogens is 3. The third kappa shape index (κ3) is 3.90. The summed E-state index contributed by atoms with van der Waals surface area (Å²) in [4.78, 5) is 17.4. The first-order chi connectivity index (χ1) is 19.1. The molecule has 190 valence electrons.